The Morgan fingerprint density at radius 1 is 1.23 bits per heavy atom. The Morgan fingerprint density at radius 2 is 2.00 bits per heavy atom. The number of carbonyl (C=O) groups is 3. The molecule has 30 heavy (non-hydrogen) atoms. The van der Waals surface area contributed by atoms with Crippen molar-refractivity contribution < 1.29 is 14.4 Å². The van der Waals surface area contributed by atoms with Crippen LogP contribution in [-0.4, -0.2) is 29.0 Å². The summed E-state index contributed by atoms with van der Waals surface area (Å²) in [4.78, 5) is 42.2. The van der Waals surface area contributed by atoms with E-state index in [9.17, 15) is 14.4 Å². The highest BCUT2D eigenvalue weighted by Crippen LogP contribution is 2.38. The normalized spacial score (nSPS) is 18.8. The van der Waals surface area contributed by atoms with Crippen LogP contribution in [0.1, 0.15) is 78.2 Å². The predicted octanol–water partition coefficient (Wildman–Crippen LogP) is 4.14. The fourth-order valence-corrected chi connectivity index (χ4v) is 4.29. The van der Waals surface area contributed by atoms with Crippen molar-refractivity contribution in [1.29, 1.82) is 0 Å². The molecule has 158 valence electrons. The Labute approximate surface area is 178 Å². The fourth-order valence-electron chi connectivity index (χ4n) is 4.29. The molecule has 1 aliphatic rings. The van der Waals surface area contributed by atoms with Crippen LogP contribution in [0.25, 0.3) is 0 Å². The lowest BCUT2D eigenvalue weighted by Gasteiger charge is -2.20. The molecule has 1 heterocycles. The zero-order valence-corrected chi connectivity index (χ0v) is 18.2. The van der Waals surface area contributed by atoms with Gasteiger partial charge in [-0.05, 0) is 60.1 Å². The van der Waals surface area contributed by atoms with E-state index in [0.29, 0.717) is 24.6 Å². The van der Waals surface area contributed by atoms with Gasteiger partial charge < -0.3 is 5.32 Å². The van der Waals surface area contributed by atoms with Gasteiger partial charge in [0, 0.05) is 25.1 Å². The lowest BCUT2D eigenvalue weighted by molar-refractivity contribution is -0.124. The Hall–Kier alpha value is -2.82. The highest BCUT2D eigenvalue weighted by molar-refractivity contribution is 6.15. The molecule has 0 aliphatic heterocycles. The average Bonchev–Trinajstić information content (AvgIpc) is 3.01. The number of nitrogens with zero attached hydrogens (tertiary/aromatic N) is 1. The Bertz CT molecular complexity index is 950. The minimum absolute atomic E-state index is 0.00357. The molecule has 5 nitrogen and oxygen atoms in total. The van der Waals surface area contributed by atoms with Gasteiger partial charge >= 0.3 is 0 Å². The summed E-state index contributed by atoms with van der Waals surface area (Å²) < 4.78 is 0. The van der Waals surface area contributed by atoms with E-state index in [1.54, 1.807) is 24.4 Å². The number of carbonyl (C=O) groups excluding carboxylic acids is 3. The maximum absolute atomic E-state index is 13.2. The third-order valence-electron chi connectivity index (χ3n) is 5.96. The van der Waals surface area contributed by atoms with Gasteiger partial charge in [0.05, 0.1) is 0 Å². The monoisotopic (exact) mass is 406 g/mol. The highest BCUT2D eigenvalue weighted by atomic mass is 16.2. The zero-order valence-electron chi connectivity index (χ0n) is 18.2. The molecule has 0 radical (unpaired) electrons. The van der Waals surface area contributed by atoms with Gasteiger partial charge in [0.25, 0.3) is 5.91 Å². The topological polar surface area (TPSA) is 76.1 Å². The number of benzene rings is 1. The largest absolute Gasteiger partial charge is 0.351 e. The molecule has 5 heteroatoms. The van der Waals surface area contributed by atoms with Crippen LogP contribution < -0.4 is 5.32 Å². The van der Waals surface area contributed by atoms with Gasteiger partial charge in [-0.15, -0.1) is 0 Å². The summed E-state index contributed by atoms with van der Waals surface area (Å²) >= 11 is 0. The summed E-state index contributed by atoms with van der Waals surface area (Å²) in [7, 11) is 0. The number of Topliss-reactive ketones (excluding diaryl/α,β-unsaturated/α-hetero) is 2. The minimum Gasteiger partial charge on any atom is -0.351 e. The van der Waals surface area contributed by atoms with Crippen molar-refractivity contribution in [2.45, 2.75) is 58.8 Å². The molecule has 1 N–H and O–H groups in total. The number of rotatable bonds is 7. The first-order chi connectivity index (χ1) is 14.3. The molecule has 1 aromatic carbocycles. The van der Waals surface area contributed by atoms with E-state index in [0.717, 1.165) is 23.1 Å². The van der Waals surface area contributed by atoms with Gasteiger partial charge in [-0.25, -0.2) is 0 Å². The molecular weight excluding hydrogens is 376 g/mol. The standard InChI is InChI=1S/C25H30N2O3/c1-5-17-13-19(15(2)3)12-16(4)22(17)23-21(28)14-18(24(23)29)9-11-27-25(30)20-8-6-7-10-26-20/h6-8,10,12-13,15,18,23H,5,9,11,14H2,1-4H3,(H,27,30). The van der Waals surface area contributed by atoms with Crippen LogP contribution >= 0.6 is 0 Å². The van der Waals surface area contributed by atoms with Crippen molar-refractivity contribution in [3.8, 4) is 0 Å². The van der Waals surface area contributed by atoms with E-state index in [-0.39, 0.29) is 29.8 Å². The first-order valence-corrected chi connectivity index (χ1v) is 10.7. The summed E-state index contributed by atoms with van der Waals surface area (Å²) in [6, 6.07) is 9.41. The molecule has 1 amide bonds. The Morgan fingerprint density at radius 3 is 2.63 bits per heavy atom. The van der Waals surface area contributed by atoms with E-state index in [4.69, 9.17) is 0 Å². The van der Waals surface area contributed by atoms with Crippen LogP contribution in [0.15, 0.2) is 36.5 Å². The van der Waals surface area contributed by atoms with E-state index in [1.807, 2.05) is 6.92 Å². The van der Waals surface area contributed by atoms with Gasteiger partial charge in [-0.1, -0.05) is 39.0 Å². The van der Waals surface area contributed by atoms with Crippen LogP contribution in [-0.2, 0) is 16.0 Å². The second-order valence-electron chi connectivity index (χ2n) is 8.38. The van der Waals surface area contributed by atoms with Crippen LogP contribution in [0.2, 0.25) is 0 Å². The molecule has 0 saturated heterocycles. The molecule has 1 aliphatic carbocycles. The highest BCUT2D eigenvalue weighted by Gasteiger charge is 2.43. The molecule has 0 spiro atoms. The van der Waals surface area contributed by atoms with Crippen molar-refractivity contribution in [2.75, 3.05) is 6.54 Å². The van der Waals surface area contributed by atoms with Crippen molar-refractivity contribution in [3.05, 3.63) is 64.5 Å². The van der Waals surface area contributed by atoms with Gasteiger partial charge in [0.1, 0.15) is 17.4 Å². The fraction of sp³-hybridized carbons (Fsp3) is 0.440. The van der Waals surface area contributed by atoms with E-state index < -0.39 is 5.92 Å². The van der Waals surface area contributed by atoms with Gasteiger partial charge in [-0.3, -0.25) is 19.4 Å². The van der Waals surface area contributed by atoms with Crippen molar-refractivity contribution in [3.63, 3.8) is 0 Å². The summed E-state index contributed by atoms with van der Waals surface area (Å²) in [6.45, 7) is 8.71. The summed E-state index contributed by atoms with van der Waals surface area (Å²) in [5, 5.41) is 2.80. The number of nitrogens with one attached hydrogen (secondary N) is 1. The number of ketones is 2. The summed E-state index contributed by atoms with van der Waals surface area (Å²) in [5.41, 5.74) is 4.60. The molecule has 0 bridgehead atoms. The quantitative estimate of drug-likeness (QED) is 0.701. The van der Waals surface area contributed by atoms with Crippen LogP contribution in [0.4, 0.5) is 0 Å². The second-order valence-corrected chi connectivity index (χ2v) is 8.38. The zero-order chi connectivity index (χ0) is 21.8. The molecular formula is C25H30N2O3. The Kier molecular flexibility index (Phi) is 6.80. The summed E-state index contributed by atoms with van der Waals surface area (Å²) in [6.07, 6.45) is 3.07. The van der Waals surface area contributed by atoms with Crippen LogP contribution in [0, 0.1) is 12.8 Å². The molecule has 3 rings (SSSR count). The lowest BCUT2D eigenvalue weighted by Crippen LogP contribution is -2.28. The number of hydrogen-bond acceptors (Lipinski definition) is 4. The molecule has 2 atom stereocenters. The van der Waals surface area contributed by atoms with Crippen molar-refractivity contribution in [1.82, 2.24) is 10.3 Å². The average molecular weight is 407 g/mol. The second kappa shape index (κ2) is 9.33. The smallest absolute Gasteiger partial charge is 0.269 e. The Balaban J connectivity index is 1.71. The van der Waals surface area contributed by atoms with Crippen molar-refractivity contribution >= 4 is 17.5 Å². The molecule has 2 unspecified atom stereocenters. The number of aromatic nitrogens is 1. The maximum Gasteiger partial charge on any atom is 0.269 e. The lowest BCUT2D eigenvalue weighted by atomic mass is 9.83. The molecule has 1 fully saturated rings. The van der Waals surface area contributed by atoms with E-state index in [2.05, 4.69) is 43.2 Å². The third kappa shape index (κ3) is 4.50. The van der Waals surface area contributed by atoms with Gasteiger partial charge in [0.2, 0.25) is 0 Å². The first-order valence-electron chi connectivity index (χ1n) is 10.7. The molecule has 1 aromatic heterocycles. The van der Waals surface area contributed by atoms with Crippen LogP contribution in [0.5, 0.6) is 0 Å². The molecule has 2 aromatic rings. The number of hydrogen-bond donors (Lipinski definition) is 1. The maximum atomic E-state index is 13.2. The minimum atomic E-state index is -0.669. The first kappa shape index (κ1) is 21.9. The number of aryl methyl sites for hydroxylation is 2. The van der Waals surface area contributed by atoms with E-state index >= 15 is 0 Å². The number of pyridine rings is 1. The summed E-state index contributed by atoms with van der Waals surface area (Å²) in [5.74, 6) is -0.901. The number of amides is 1. The van der Waals surface area contributed by atoms with E-state index in [1.165, 1.54) is 5.56 Å². The van der Waals surface area contributed by atoms with Crippen molar-refractivity contribution in [2.24, 2.45) is 5.92 Å². The van der Waals surface area contributed by atoms with Gasteiger partial charge in [0.15, 0.2) is 5.78 Å². The van der Waals surface area contributed by atoms with Crippen LogP contribution in [0.3, 0.4) is 0 Å². The van der Waals surface area contributed by atoms with Gasteiger partial charge in [-0.2, -0.15) is 0 Å². The SMILES string of the molecule is CCc1cc(C(C)C)cc(C)c1C1C(=O)CC(CCNC(=O)c2ccccn2)C1=O. The molecule has 1 saturated carbocycles. The third-order valence-corrected chi connectivity index (χ3v) is 5.96. The predicted molar refractivity (Wildman–Crippen MR) is 117 cm³/mol.